The maximum absolute atomic E-state index is 6.07. The Labute approximate surface area is 113 Å². The molecule has 0 bridgehead atoms. The van der Waals surface area contributed by atoms with Gasteiger partial charge < -0.3 is 10.3 Å². The molecule has 0 spiro atoms. The first-order valence-corrected chi connectivity index (χ1v) is 6.84. The molecule has 3 rings (SSSR count). The molecule has 1 atom stereocenters. The lowest BCUT2D eigenvalue weighted by Gasteiger charge is -2.04. The van der Waals surface area contributed by atoms with Crippen LogP contribution in [0.2, 0.25) is 0 Å². The molecule has 1 saturated carbocycles. The summed E-state index contributed by atoms with van der Waals surface area (Å²) in [5, 5.41) is 4.00. The molecule has 0 aliphatic heterocycles. The first-order chi connectivity index (χ1) is 9.15. The molecule has 2 aromatic rings. The number of rotatable bonds is 4. The van der Waals surface area contributed by atoms with Gasteiger partial charge in [0.1, 0.15) is 0 Å². The molecule has 2 N–H and O–H groups in total. The van der Waals surface area contributed by atoms with Crippen LogP contribution in [0.1, 0.15) is 50.0 Å². The summed E-state index contributed by atoms with van der Waals surface area (Å²) >= 11 is 0. The van der Waals surface area contributed by atoms with E-state index in [9.17, 15) is 0 Å². The van der Waals surface area contributed by atoms with E-state index < -0.39 is 0 Å². The van der Waals surface area contributed by atoms with Crippen molar-refractivity contribution in [2.75, 3.05) is 0 Å². The summed E-state index contributed by atoms with van der Waals surface area (Å²) in [6.45, 7) is 4.35. The van der Waals surface area contributed by atoms with Gasteiger partial charge in [0.25, 0.3) is 5.89 Å². The normalized spacial score (nSPS) is 16.8. The van der Waals surface area contributed by atoms with Crippen LogP contribution in [0.25, 0.3) is 11.5 Å². The Morgan fingerprint density at radius 3 is 2.47 bits per heavy atom. The third kappa shape index (κ3) is 2.54. The first-order valence-electron chi connectivity index (χ1n) is 6.84. The fourth-order valence-electron chi connectivity index (χ4n) is 2.16. The highest BCUT2D eigenvalue weighted by molar-refractivity contribution is 5.53. The monoisotopic (exact) mass is 257 g/mol. The minimum absolute atomic E-state index is 0.0764. The van der Waals surface area contributed by atoms with Crippen molar-refractivity contribution in [2.24, 2.45) is 11.7 Å². The quantitative estimate of drug-likeness (QED) is 0.913. The zero-order chi connectivity index (χ0) is 13.4. The largest absolute Gasteiger partial charge is 0.334 e. The molecule has 4 heteroatoms. The van der Waals surface area contributed by atoms with Crippen molar-refractivity contribution in [3.8, 4) is 11.5 Å². The molecule has 100 valence electrons. The highest BCUT2D eigenvalue weighted by atomic mass is 16.5. The first kappa shape index (κ1) is 12.4. The van der Waals surface area contributed by atoms with Gasteiger partial charge >= 0.3 is 0 Å². The van der Waals surface area contributed by atoms with Gasteiger partial charge in [0.15, 0.2) is 5.82 Å². The van der Waals surface area contributed by atoms with Crippen LogP contribution in [-0.2, 0) is 0 Å². The van der Waals surface area contributed by atoms with E-state index >= 15 is 0 Å². The lowest BCUT2D eigenvalue weighted by atomic mass is 10.0. The maximum atomic E-state index is 6.07. The fraction of sp³-hybridized carbons (Fsp3) is 0.467. The van der Waals surface area contributed by atoms with Crippen LogP contribution in [0.5, 0.6) is 0 Å². The lowest BCUT2D eigenvalue weighted by Crippen LogP contribution is -2.13. The predicted molar refractivity (Wildman–Crippen MR) is 73.5 cm³/mol. The Morgan fingerprint density at radius 2 is 1.89 bits per heavy atom. The van der Waals surface area contributed by atoms with Crippen molar-refractivity contribution in [1.29, 1.82) is 0 Å². The Morgan fingerprint density at radius 1 is 1.21 bits per heavy atom. The van der Waals surface area contributed by atoms with Crippen LogP contribution in [-0.4, -0.2) is 10.1 Å². The Bertz CT molecular complexity index is 555. The van der Waals surface area contributed by atoms with Crippen molar-refractivity contribution in [3.05, 3.63) is 35.7 Å². The van der Waals surface area contributed by atoms with E-state index in [-0.39, 0.29) is 6.04 Å². The van der Waals surface area contributed by atoms with E-state index in [1.165, 1.54) is 18.4 Å². The highest BCUT2D eigenvalue weighted by Gasteiger charge is 2.32. The minimum atomic E-state index is -0.0764. The molecule has 0 amide bonds. The van der Waals surface area contributed by atoms with Crippen molar-refractivity contribution in [3.63, 3.8) is 0 Å². The molecule has 19 heavy (non-hydrogen) atoms. The van der Waals surface area contributed by atoms with Crippen molar-refractivity contribution in [2.45, 2.75) is 38.6 Å². The molecule has 1 unspecified atom stereocenters. The summed E-state index contributed by atoms with van der Waals surface area (Å²) in [5.41, 5.74) is 8.32. The van der Waals surface area contributed by atoms with Crippen LogP contribution >= 0.6 is 0 Å². The van der Waals surface area contributed by atoms with Gasteiger partial charge in [0.2, 0.25) is 0 Å². The second-order valence-electron chi connectivity index (χ2n) is 5.60. The second-order valence-corrected chi connectivity index (χ2v) is 5.60. The van der Waals surface area contributed by atoms with Gasteiger partial charge in [-0.2, -0.15) is 4.98 Å². The van der Waals surface area contributed by atoms with Crippen LogP contribution in [0.4, 0.5) is 0 Å². The average Bonchev–Trinajstić information content (AvgIpc) is 3.15. The van der Waals surface area contributed by atoms with E-state index in [0.29, 0.717) is 23.6 Å². The van der Waals surface area contributed by atoms with E-state index in [2.05, 4.69) is 36.1 Å². The van der Waals surface area contributed by atoms with Crippen LogP contribution in [0.3, 0.4) is 0 Å². The number of nitrogens with zero attached hydrogens (tertiary/aromatic N) is 2. The summed E-state index contributed by atoms with van der Waals surface area (Å²) in [6.07, 6.45) is 2.35. The Kier molecular flexibility index (Phi) is 3.11. The molecular formula is C15H19N3O. The molecule has 1 aliphatic carbocycles. The second kappa shape index (κ2) is 4.78. The zero-order valence-corrected chi connectivity index (χ0v) is 11.3. The van der Waals surface area contributed by atoms with Gasteiger partial charge in [0.05, 0.1) is 6.04 Å². The number of benzene rings is 1. The van der Waals surface area contributed by atoms with Crippen LogP contribution in [0.15, 0.2) is 28.8 Å². The smallest absolute Gasteiger partial charge is 0.257 e. The summed E-state index contributed by atoms with van der Waals surface area (Å²) < 4.78 is 5.31. The van der Waals surface area contributed by atoms with Crippen LogP contribution < -0.4 is 5.73 Å². The number of hydrogen-bond donors (Lipinski definition) is 1. The third-order valence-electron chi connectivity index (χ3n) is 3.69. The van der Waals surface area contributed by atoms with Gasteiger partial charge in [-0.15, -0.1) is 0 Å². The molecule has 0 radical (unpaired) electrons. The highest BCUT2D eigenvalue weighted by Crippen LogP contribution is 2.38. The summed E-state index contributed by atoms with van der Waals surface area (Å²) in [6, 6.07) is 8.17. The number of hydrogen-bond acceptors (Lipinski definition) is 4. The third-order valence-corrected chi connectivity index (χ3v) is 3.69. The molecule has 1 aliphatic rings. The van der Waals surface area contributed by atoms with E-state index in [0.717, 1.165) is 5.56 Å². The minimum Gasteiger partial charge on any atom is -0.334 e. The fourth-order valence-corrected chi connectivity index (χ4v) is 2.16. The molecular weight excluding hydrogens is 238 g/mol. The van der Waals surface area contributed by atoms with Gasteiger partial charge in [-0.05, 0) is 42.4 Å². The lowest BCUT2D eigenvalue weighted by molar-refractivity contribution is 0.411. The average molecular weight is 257 g/mol. The molecule has 4 nitrogen and oxygen atoms in total. The molecule has 1 aromatic heterocycles. The van der Waals surface area contributed by atoms with Gasteiger partial charge in [-0.1, -0.05) is 31.1 Å². The Balaban J connectivity index is 1.81. The van der Waals surface area contributed by atoms with Crippen LogP contribution in [0, 0.1) is 5.92 Å². The van der Waals surface area contributed by atoms with E-state index in [4.69, 9.17) is 10.3 Å². The molecule has 1 aromatic carbocycles. The summed E-state index contributed by atoms with van der Waals surface area (Å²) in [4.78, 5) is 4.41. The van der Waals surface area contributed by atoms with Gasteiger partial charge in [-0.3, -0.25) is 0 Å². The van der Waals surface area contributed by atoms with Crippen molar-refractivity contribution < 1.29 is 4.52 Å². The topological polar surface area (TPSA) is 64.9 Å². The van der Waals surface area contributed by atoms with E-state index in [1.54, 1.807) is 0 Å². The standard InChI is InChI=1S/C15H19N3O/c1-9(2)10-3-7-12(8-4-10)15-17-14(18-19-15)13(16)11-5-6-11/h3-4,7-9,11,13H,5-6,16H2,1-2H3. The number of nitrogens with two attached hydrogens (primary N) is 1. The molecule has 0 saturated heterocycles. The SMILES string of the molecule is CC(C)c1ccc(-c2nc(C(N)C3CC3)no2)cc1. The van der Waals surface area contributed by atoms with Crippen molar-refractivity contribution in [1.82, 2.24) is 10.1 Å². The van der Waals surface area contributed by atoms with Gasteiger partial charge in [0, 0.05) is 5.56 Å². The number of aromatic nitrogens is 2. The predicted octanol–water partition coefficient (Wildman–Crippen LogP) is 3.27. The summed E-state index contributed by atoms with van der Waals surface area (Å²) in [7, 11) is 0. The molecule has 1 heterocycles. The maximum Gasteiger partial charge on any atom is 0.257 e. The zero-order valence-electron chi connectivity index (χ0n) is 11.3. The summed E-state index contributed by atoms with van der Waals surface area (Å²) in [5.74, 6) is 2.25. The van der Waals surface area contributed by atoms with Gasteiger partial charge in [-0.25, -0.2) is 0 Å². The van der Waals surface area contributed by atoms with E-state index in [1.807, 2.05) is 12.1 Å². The van der Waals surface area contributed by atoms with Crippen molar-refractivity contribution >= 4 is 0 Å². The Hall–Kier alpha value is -1.68. The molecule has 1 fully saturated rings.